The van der Waals surface area contributed by atoms with Crippen molar-refractivity contribution in [2.45, 2.75) is 24.4 Å². The van der Waals surface area contributed by atoms with Gasteiger partial charge in [-0.2, -0.15) is 13.2 Å². The zero-order valence-corrected chi connectivity index (χ0v) is 16.7. The van der Waals surface area contributed by atoms with Crippen LogP contribution in [-0.2, 0) is 22.3 Å². The Morgan fingerprint density at radius 1 is 1.27 bits per heavy atom. The standard InChI is InChI=1S/C20H18F3N3O3S/c1-29-15-7-5-12(6-8-15)11-26-17(27)10-16(18(24)28)30-19(26)25-14-4-2-3-13(9-14)20(21,22)23/h2-9,16H,10-11H2,1H3,(H2,24,28). The Labute approximate surface area is 174 Å². The molecule has 2 aromatic carbocycles. The predicted molar refractivity (Wildman–Crippen MR) is 107 cm³/mol. The summed E-state index contributed by atoms with van der Waals surface area (Å²) in [6, 6.07) is 11.4. The van der Waals surface area contributed by atoms with Gasteiger partial charge in [-0.25, -0.2) is 4.99 Å². The third kappa shape index (κ3) is 5.12. The molecule has 0 radical (unpaired) electrons. The van der Waals surface area contributed by atoms with E-state index in [2.05, 4.69) is 4.99 Å². The Balaban J connectivity index is 1.95. The maximum absolute atomic E-state index is 13.0. The van der Waals surface area contributed by atoms with E-state index in [1.165, 1.54) is 24.1 Å². The van der Waals surface area contributed by atoms with Crippen LogP contribution >= 0.6 is 11.8 Å². The van der Waals surface area contributed by atoms with Crippen LogP contribution in [0.25, 0.3) is 0 Å². The van der Waals surface area contributed by atoms with E-state index >= 15 is 0 Å². The molecule has 1 fully saturated rings. The number of hydrogen-bond donors (Lipinski definition) is 1. The summed E-state index contributed by atoms with van der Waals surface area (Å²) in [4.78, 5) is 29.9. The number of benzene rings is 2. The number of halogens is 3. The van der Waals surface area contributed by atoms with Gasteiger partial charge >= 0.3 is 6.18 Å². The lowest BCUT2D eigenvalue weighted by atomic mass is 10.2. The van der Waals surface area contributed by atoms with Crippen molar-refractivity contribution in [2.24, 2.45) is 10.7 Å². The quantitative estimate of drug-likeness (QED) is 0.773. The SMILES string of the molecule is COc1ccc(CN2C(=O)CC(C(N)=O)SC2=Nc2cccc(C(F)(F)F)c2)cc1. The van der Waals surface area contributed by atoms with Gasteiger partial charge in [0, 0.05) is 6.42 Å². The summed E-state index contributed by atoms with van der Waals surface area (Å²) in [6.45, 7) is 0.138. The second-order valence-corrected chi connectivity index (χ2v) is 7.65. The number of rotatable bonds is 5. The fourth-order valence-electron chi connectivity index (χ4n) is 2.78. The minimum Gasteiger partial charge on any atom is -0.497 e. The number of thioether (sulfide) groups is 1. The molecule has 158 valence electrons. The molecule has 1 aliphatic heterocycles. The number of hydrogen-bond acceptors (Lipinski definition) is 5. The number of nitrogens with zero attached hydrogens (tertiary/aromatic N) is 2. The highest BCUT2D eigenvalue weighted by Gasteiger charge is 2.35. The van der Waals surface area contributed by atoms with Gasteiger partial charge in [0.15, 0.2) is 5.17 Å². The minimum atomic E-state index is -4.52. The Kier molecular flexibility index (Phi) is 6.35. The molecule has 0 bridgehead atoms. The summed E-state index contributed by atoms with van der Waals surface area (Å²) in [5.74, 6) is -0.432. The first kappa shape index (κ1) is 21.7. The number of methoxy groups -OCH3 is 1. The zero-order valence-electron chi connectivity index (χ0n) is 15.8. The fourth-order valence-corrected chi connectivity index (χ4v) is 3.83. The molecule has 1 unspecified atom stereocenters. The van der Waals surface area contributed by atoms with Gasteiger partial charge < -0.3 is 10.5 Å². The van der Waals surface area contributed by atoms with Crippen LogP contribution in [-0.4, -0.2) is 34.2 Å². The molecule has 0 aliphatic carbocycles. The van der Waals surface area contributed by atoms with Crippen LogP contribution in [0.2, 0.25) is 0 Å². The Morgan fingerprint density at radius 3 is 2.57 bits per heavy atom. The molecule has 1 saturated heterocycles. The topological polar surface area (TPSA) is 85.0 Å². The van der Waals surface area contributed by atoms with Gasteiger partial charge in [-0.1, -0.05) is 30.0 Å². The van der Waals surface area contributed by atoms with Crippen molar-refractivity contribution in [2.75, 3.05) is 7.11 Å². The molecule has 3 rings (SSSR count). The Bertz CT molecular complexity index is 977. The number of primary amides is 1. The van der Waals surface area contributed by atoms with Crippen molar-refractivity contribution in [3.8, 4) is 5.75 Å². The molecule has 0 spiro atoms. The van der Waals surface area contributed by atoms with Crippen LogP contribution in [0.3, 0.4) is 0 Å². The first-order valence-corrected chi connectivity index (χ1v) is 9.70. The van der Waals surface area contributed by atoms with Gasteiger partial charge in [-0.05, 0) is 35.9 Å². The maximum Gasteiger partial charge on any atom is 0.416 e. The van der Waals surface area contributed by atoms with Crippen molar-refractivity contribution in [3.63, 3.8) is 0 Å². The number of aliphatic imine (C=N–C) groups is 1. The van der Waals surface area contributed by atoms with Gasteiger partial charge in [0.05, 0.1) is 30.2 Å². The molecular formula is C20H18F3N3O3S. The zero-order chi connectivity index (χ0) is 21.9. The van der Waals surface area contributed by atoms with E-state index in [0.29, 0.717) is 5.75 Å². The average molecular weight is 437 g/mol. The number of amides is 2. The summed E-state index contributed by atoms with van der Waals surface area (Å²) in [5.41, 5.74) is 5.27. The molecule has 0 aromatic heterocycles. The van der Waals surface area contributed by atoms with Crippen molar-refractivity contribution < 1.29 is 27.5 Å². The van der Waals surface area contributed by atoms with Crippen LogP contribution in [0.15, 0.2) is 53.5 Å². The van der Waals surface area contributed by atoms with Crippen molar-refractivity contribution >= 4 is 34.4 Å². The van der Waals surface area contributed by atoms with E-state index in [4.69, 9.17) is 10.5 Å². The molecule has 1 aliphatic rings. The predicted octanol–water partition coefficient (Wildman–Crippen LogP) is 3.72. The molecule has 30 heavy (non-hydrogen) atoms. The van der Waals surface area contributed by atoms with Gasteiger partial charge in [0.25, 0.3) is 0 Å². The lowest BCUT2D eigenvalue weighted by Crippen LogP contribution is -2.45. The molecule has 6 nitrogen and oxygen atoms in total. The molecular weight excluding hydrogens is 419 g/mol. The van der Waals surface area contributed by atoms with Crippen LogP contribution in [0.1, 0.15) is 17.5 Å². The average Bonchev–Trinajstić information content (AvgIpc) is 2.70. The number of alkyl halides is 3. The number of carbonyl (C=O) groups excluding carboxylic acids is 2. The highest BCUT2D eigenvalue weighted by molar-refractivity contribution is 8.15. The van der Waals surface area contributed by atoms with E-state index in [1.54, 1.807) is 24.3 Å². The van der Waals surface area contributed by atoms with Gasteiger partial charge in [-0.15, -0.1) is 0 Å². The summed E-state index contributed by atoms with van der Waals surface area (Å²) >= 11 is 0.961. The first-order chi connectivity index (χ1) is 14.2. The van der Waals surface area contributed by atoms with Crippen LogP contribution < -0.4 is 10.5 Å². The fraction of sp³-hybridized carbons (Fsp3) is 0.250. The van der Waals surface area contributed by atoms with Crippen molar-refractivity contribution in [1.29, 1.82) is 0 Å². The van der Waals surface area contributed by atoms with E-state index in [0.717, 1.165) is 29.5 Å². The molecule has 2 amide bonds. The largest absolute Gasteiger partial charge is 0.497 e. The number of nitrogens with two attached hydrogens (primary N) is 1. The number of amidine groups is 1. The smallest absolute Gasteiger partial charge is 0.416 e. The van der Waals surface area contributed by atoms with Crippen molar-refractivity contribution in [1.82, 2.24) is 4.90 Å². The van der Waals surface area contributed by atoms with Gasteiger partial charge in [0.1, 0.15) is 5.75 Å². The highest BCUT2D eigenvalue weighted by Crippen LogP contribution is 2.34. The Hall–Kier alpha value is -3.01. The van der Waals surface area contributed by atoms with Gasteiger partial charge in [-0.3, -0.25) is 14.5 Å². The van der Waals surface area contributed by atoms with E-state index in [9.17, 15) is 22.8 Å². The maximum atomic E-state index is 13.0. The van der Waals surface area contributed by atoms with Crippen LogP contribution in [0, 0.1) is 0 Å². The molecule has 2 aromatic rings. The number of ether oxygens (including phenoxy) is 1. The number of carbonyl (C=O) groups is 2. The molecule has 2 N–H and O–H groups in total. The second kappa shape index (κ2) is 8.78. The lowest BCUT2D eigenvalue weighted by molar-refractivity contribution is -0.137. The van der Waals surface area contributed by atoms with Gasteiger partial charge in [0.2, 0.25) is 11.8 Å². The first-order valence-electron chi connectivity index (χ1n) is 8.82. The molecule has 0 saturated carbocycles. The van der Waals surface area contributed by atoms with Crippen molar-refractivity contribution in [3.05, 3.63) is 59.7 Å². The summed E-state index contributed by atoms with van der Waals surface area (Å²) in [7, 11) is 1.53. The van der Waals surface area contributed by atoms with Crippen LogP contribution in [0.4, 0.5) is 18.9 Å². The molecule has 1 heterocycles. The molecule has 10 heteroatoms. The summed E-state index contributed by atoms with van der Waals surface area (Å²) in [6.07, 6.45) is -4.64. The summed E-state index contributed by atoms with van der Waals surface area (Å²) < 4.78 is 44.1. The summed E-state index contributed by atoms with van der Waals surface area (Å²) in [5, 5.41) is -0.723. The highest BCUT2D eigenvalue weighted by atomic mass is 32.2. The third-order valence-corrected chi connectivity index (χ3v) is 5.56. The van der Waals surface area contributed by atoms with Crippen LogP contribution in [0.5, 0.6) is 5.75 Å². The third-order valence-electron chi connectivity index (χ3n) is 4.35. The monoisotopic (exact) mass is 437 g/mol. The van der Waals surface area contributed by atoms with E-state index in [-0.39, 0.29) is 29.7 Å². The second-order valence-electron chi connectivity index (χ2n) is 6.48. The normalized spacial score (nSPS) is 18.5. The molecule has 1 atom stereocenters. The van der Waals surface area contributed by atoms with E-state index in [1.807, 2.05) is 0 Å². The van der Waals surface area contributed by atoms with E-state index < -0.39 is 22.9 Å². The minimum absolute atomic E-state index is 0.0185. The lowest BCUT2D eigenvalue weighted by Gasteiger charge is -2.31. The Morgan fingerprint density at radius 2 is 1.97 bits per heavy atom.